The summed E-state index contributed by atoms with van der Waals surface area (Å²) in [5.41, 5.74) is 0. The fourth-order valence-electron chi connectivity index (χ4n) is 2.65. The van der Waals surface area contributed by atoms with Gasteiger partial charge in [0.15, 0.2) is 0 Å². The van der Waals surface area contributed by atoms with E-state index in [2.05, 4.69) is 49.9 Å². The Morgan fingerprint density at radius 2 is 1.94 bits per heavy atom. The Morgan fingerprint density at radius 1 is 1.22 bits per heavy atom. The molecule has 1 aliphatic heterocycles. The summed E-state index contributed by atoms with van der Waals surface area (Å²) in [6.45, 7) is 15.3. The van der Waals surface area contributed by atoms with Gasteiger partial charge in [-0.15, -0.1) is 0 Å². The first-order valence-electron chi connectivity index (χ1n) is 7.70. The zero-order chi connectivity index (χ0) is 13.5. The van der Waals surface area contributed by atoms with Crippen molar-refractivity contribution in [1.29, 1.82) is 0 Å². The molecule has 0 spiro atoms. The normalized spacial score (nSPS) is 25.3. The van der Waals surface area contributed by atoms with Gasteiger partial charge >= 0.3 is 0 Å². The molecule has 0 saturated carbocycles. The van der Waals surface area contributed by atoms with Crippen LogP contribution in [0.25, 0.3) is 0 Å². The molecule has 0 aromatic rings. The summed E-state index contributed by atoms with van der Waals surface area (Å²) >= 11 is 0. The second-order valence-corrected chi connectivity index (χ2v) is 6.20. The van der Waals surface area contributed by atoms with Gasteiger partial charge in [0.1, 0.15) is 0 Å². The van der Waals surface area contributed by atoms with Gasteiger partial charge in [0, 0.05) is 31.7 Å². The SMILES string of the molecule is CCC1CN(C)CCCN1CCNC(C)C(C)C. The molecule has 2 atom stereocenters. The number of likely N-dealkylation sites (N-methyl/N-ethyl adjacent to an activating group) is 1. The van der Waals surface area contributed by atoms with Crippen LogP contribution in [0.5, 0.6) is 0 Å². The quantitative estimate of drug-likeness (QED) is 0.783. The predicted molar refractivity (Wildman–Crippen MR) is 80.1 cm³/mol. The van der Waals surface area contributed by atoms with Gasteiger partial charge in [0.05, 0.1) is 0 Å². The molecule has 1 N–H and O–H groups in total. The van der Waals surface area contributed by atoms with E-state index in [-0.39, 0.29) is 0 Å². The van der Waals surface area contributed by atoms with Gasteiger partial charge in [-0.3, -0.25) is 4.90 Å². The first kappa shape index (κ1) is 15.9. The molecule has 1 fully saturated rings. The number of hydrogen-bond acceptors (Lipinski definition) is 3. The van der Waals surface area contributed by atoms with E-state index in [0.717, 1.165) is 18.5 Å². The second kappa shape index (κ2) is 8.13. The average Bonchev–Trinajstić information content (AvgIpc) is 2.50. The monoisotopic (exact) mass is 255 g/mol. The Kier molecular flexibility index (Phi) is 7.20. The third-order valence-electron chi connectivity index (χ3n) is 4.36. The van der Waals surface area contributed by atoms with E-state index in [1.165, 1.54) is 39.0 Å². The van der Waals surface area contributed by atoms with E-state index in [9.17, 15) is 0 Å². The van der Waals surface area contributed by atoms with Crippen LogP contribution in [0.3, 0.4) is 0 Å². The second-order valence-electron chi connectivity index (χ2n) is 6.20. The summed E-state index contributed by atoms with van der Waals surface area (Å²) in [5, 5.41) is 3.65. The Labute approximate surface area is 114 Å². The molecule has 0 bridgehead atoms. The van der Waals surface area contributed by atoms with E-state index in [1.807, 2.05) is 0 Å². The molecule has 18 heavy (non-hydrogen) atoms. The van der Waals surface area contributed by atoms with Crippen molar-refractivity contribution in [3.8, 4) is 0 Å². The Hall–Kier alpha value is -0.120. The highest BCUT2D eigenvalue weighted by molar-refractivity contribution is 4.78. The molecule has 0 aromatic heterocycles. The van der Waals surface area contributed by atoms with Gasteiger partial charge in [-0.25, -0.2) is 0 Å². The van der Waals surface area contributed by atoms with Crippen LogP contribution in [-0.2, 0) is 0 Å². The molecule has 2 unspecified atom stereocenters. The van der Waals surface area contributed by atoms with Crippen LogP contribution < -0.4 is 5.32 Å². The van der Waals surface area contributed by atoms with E-state index < -0.39 is 0 Å². The van der Waals surface area contributed by atoms with Crippen molar-refractivity contribution in [2.45, 2.75) is 52.6 Å². The summed E-state index contributed by atoms with van der Waals surface area (Å²) in [7, 11) is 2.26. The molecule has 0 aromatic carbocycles. The molecule has 1 heterocycles. The first-order chi connectivity index (χ1) is 8.54. The smallest absolute Gasteiger partial charge is 0.0220 e. The van der Waals surface area contributed by atoms with Crippen molar-refractivity contribution < 1.29 is 0 Å². The van der Waals surface area contributed by atoms with Gasteiger partial charge in [0.25, 0.3) is 0 Å². The lowest BCUT2D eigenvalue weighted by atomic mass is 10.1. The summed E-state index contributed by atoms with van der Waals surface area (Å²) in [6, 6.07) is 1.37. The summed E-state index contributed by atoms with van der Waals surface area (Å²) in [5.74, 6) is 0.724. The third-order valence-corrected chi connectivity index (χ3v) is 4.36. The maximum absolute atomic E-state index is 3.65. The minimum Gasteiger partial charge on any atom is -0.313 e. The predicted octanol–water partition coefficient (Wildman–Crippen LogP) is 2.04. The minimum absolute atomic E-state index is 0.625. The number of nitrogens with one attached hydrogen (secondary N) is 1. The van der Waals surface area contributed by atoms with Gasteiger partial charge in [-0.05, 0) is 45.8 Å². The summed E-state index contributed by atoms with van der Waals surface area (Å²) < 4.78 is 0. The van der Waals surface area contributed by atoms with E-state index in [4.69, 9.17) is 0 Å². The van der Waals surface area contributed by atoms with Crippen LogP contribution in [-0.4, -0.2) is 61.7 Å². The molecule has 1 rings (SSSR count). The zero-order valence-electron chi connectivity index (χ0n) is 13.1. The van der Waals surface area contributed by atoms with Crippen molar-refractivity contribution in [3.05, 3.63) is 0 Å². The Balaban J connectivity index is 2.34. The molecule has 3 nitrogen and oxygen atoms in total. The first-order valence-corrected chi connectivity index (χ1v) is 7.70. The lowest BCUT2D eigenvalue weighted by molar-refractivity contribution is 0.181. The highest BCUT2D eigenvalue weighted by atomic mass is 15.2. The van der Waals surface area contributed by atoms with Gasteiger partial charge < -0.3 is 10.2 Å². The molecular weight excluding hydrogens is 222 g/mol. The number of nitrogens with zero attached hydrogens (tertiary/aromatic N) is 2. The van der Waals surface area contributed by atoms with Gasteiger partial charge in [-0.2, -0.15) is 0 Å². The fourth-order valence-corrected chi connectivity index (χ4v) is 2.65. The molecular formula is C15H33N3. The Bertz CT molecular complexity index is 218. The highest BCUT2D eigenvalue weighted by Crippen LogP contribution is 2.11. The molecule has 1 saturated heterocycles. The standard InChI is InChI=1S/C15H33N3/c1-6-15-12-17(5)9-7-10-18(15)11-8-16-14(4)13(2)3/h13-16H,6-12H2,1-5H3. The van der Waals surface area contributed by atoms with Crippen molar-refractivity contribution in [1.82, 2.24) is 15.1 Å². The third kappa shape index (κ3) is 5.25. The van der Waals surface area contributed by atoms with Crippen molar-refractivity contribution >= 4 is 0 Å². The topological polar surface area (TPSA) is 18.5 Å². The summed E-state index contributed by atoms with van der Waals surface area (Å²) in [6.07, 6.45) is 2.58. The van der Waals surface area contributed by atoms with E-state index >= 15 is 0 Å². The maximum Gasteiger partial charge on any atom is 0.0220 e. The van der Waals surface area contributed by atoms with Crippen LogP contribution in [0.2, 0.25) is 0 Å². The van der Waals surface area contributed by atoms with Crippen LogP contribution in [0.1, 0.15) is 40.5 Å². The number of hydrogen-bond donors (Lipinski definition) is 1. The van der Waals surface area contributed by atoms with Gasteiger partial charge in [-0.1, -0.05) is 20.8 Å². The lowest BCUT2D eigenvalue weighted by Crippen LogP contribution is -2.44. The highest BCUT2D eigenvalue weighted by Gasteiger charge is 2.21. The summed E-state index contributed by atoms with van der Waals surface area (Å²) in [4.78, 5) is 5.17. The molecule has 0 radical (unpaired) electrons. The van der Waals surface area contributed by atoms with E-state index in [1.54, 1.807) is 0 Å². The Morgan fingerprint density at radius 3 is 2.56 bits per heavy atom. The molecule has 0 aliphatic carbocycles. The van der Waals surface area contributed by atoms with Crippen LogP contribution in [0, 0.1) is 5.92 Å². The molecule has 1 aliphatic rings. The maximum atomic E-state index is 3.65. The van der Waals surface area contributed by atoms with Crippen LogP contribution >= 0.6 is 0 Å². The largest absolute Gasteiger partial charge is 0.313 e. The van der Waals surface area contributed by atoms with Crippen LogP contribution in [0.15, 0.2) is 0 Å². The van der Waals surface area contributed by atoms with Crippen molar-refractivity contribution in [3.63, 3.8) is 0 Å². The van der Waals surface area contributed by atoms with E-state index in [0.29, 0.717) is 6.04 Å². The lowest BCUT2D eigenvalue weighted by Gasteiger charge is -2.31. The average molecular weight is 255 g/mol. The fraction of sp³-hybridized carbons (Fsp3) is 1.00. The molecule has 0 amide bonds. The van der Waals surface area contributed by atoms with Crippen molar-refractivity contribution in [2.75, 3.05) is 39.8 Å². The zero-order valence-corrected chi connectivity index (χ0v) is 13.1. The van der Waals surface area contributed by atoms with Gasteiger partial charge in [0.2, 0.25) is 0 Å². The molecule has 3 heteroatoms. The van der Waals surface area contributed by atoms with Crippen molar-refractivity contribution in [2.24, 2.45) is 5.92 Å². The minimum atomic E-state index is 0.625. The van der Waals surface area contributed by atoms with Crippen LogP contribution in [0.4, 0.5) is 0 Å². The molecule has 108 valence electrons. The number of rotatable bonds is 6.